The van der Waals surface area contributed by atoms with Crippen LogP contribution in [0.2, 0.25) is 0 Å². The smallest absolute Gasteiger partial charge is 0.293 e. The van der Waals surface area contributed by atoms with Crippen molar-refractivity contribution in [3.05, 3.63) is 29.3 Å². The first-order chi connectivity index (χ1) is 14.6. The number of piperidine rings is 1. The normalized spacial score (nSPS) is 16.7. The largest absolute Gasteiger partial charge is 0.496 e. The molecule has 1 aromatic rings. The molecule has 2 rings (SSSR count). The number of nitrogens with zero attached hydrogens (tertiary/aromatic N) is 1. The number of ether oxygens (including phenoxy) is 3. The molecule has 1 saturated heterocycles. The van der Waals surface area contributed by atoms with E-state index in [-0.39, 0.29) is 12.7 Å². The molecule has 0 radical (unpaired) electrons. The zero-order valence-corrected chi connectivity index (χ0v) is 19.3. The summed E-state index contributed by atoms with van der Waals surface area (Å²) in [7, 11) is 3.29. The van der Waals surface area contributed by atoms with Crippen LogP contribution < -0.4 is 4.74 Å². The van der Waals surface area contributed by atoms with Crippen molar-refractivity contribution in [2.24, 2.45) is 0 Å². The van der Waals surface area contributed by atoms with Gasteiger partial charge in [0.2, 0.25) is 0 Å². The molecule has 1 fully saturated rings. The van der Waals surface area contributed by atoms with E-state index in [0.29, 0.717) is 25.5 Å². The lowest BCUT2D eigenvalue weighted by molar-refractivity contribution is -0.136. The number of hydrogen-bond acceptors (Lipinski definition) is 6. The molecule has 0 bridgehead atoms. The maximum absolute atomic E-state index is 10.4. The van der Waals surface area contributed by atoms with E-state index in [1.807, 2.05) is 18.2 Å². The summed E-state index contributed by atoms with van der Waals surface area (Å²) in [5.74, 6) is 0.827. The van der Waals surface area contributed by atoms with Gasteiger partial charge in [-0.2, -0.15) is 0 Å². The molecule has 1 aromatic carbocycles. The minimum atomic E-state index is 0.127. The Bertz CT molecular complexity index is 575. The SMILES string of the molecule is CCCC(CCC)N1CCCC(OC=O)C1.COCc1cc(CCO)ccc1OC. The Labute approximate surface area is 182 Å². The average Bonchev–Trinajstić information content (AvgIpc) is 2.75. The number of likely N-dealkylation sites (tertiary alicyclic amines) is 1. The third kappa shape index (κ3) is 9.45. The summed E-state index contributed by atoms with van der Waals surface area (Å²) < 4.78 is 15.3. The summed E-state index contributed by atoms with van der Waals surface area (Å²) in [6.45, 7) is 7.88. The van der Waals surface area contributed by atoms with Crippen molar-refractivity contribution in [3.63, 3.8) is 0 Å². The standard InChI is InChI=1S/C13H25NO2.C11H16O3/c1-3-6-12(7-4-2)14-9-5-8-13(10-14)16-11-15;1-13-8-10-7-9(5-6-12)3-4-11(10)14-2/h11-13H,3-10H2,1-2H3;3-4,7,12H,5-6,8H2,1-2H3. The van der Waals surface area contributed by atoms with E-state index in [1.54, 1.807) is 14.2 Å². The molecule has 172 valence electrons. The second kappa shape index (κ2) is 16.1. The average molecular weight is 424 g/mol. The molecule has 0 aliphatic carbocycles. The summed E-state index contributed by atoms with van der Waals surface area (Å²) in [6.07, 6.45) is 7.98. The van der Waals surface area contributed by atoms with Crippen molar-refractivity contribution in [2.45, 2.75) is 77.5 Å². The predicted molar refractivity (Wildman–Crippen MR) is 120 cm³/mol. The Hall–Kier alpha value is -1.63. The molecule has 0 amide bonds. The monoisotopic (exact) mass is 423 g/mol. The van der Waals surface area contributed by atoms with Crippen LogP contribution in [0.1, 0.15) is 63.5 Å². The van der Waals surface area contributed by atoms with Crippen LogP contribution >= 0.6 is 0 Å². The highest BCUT2D eigenvalue weighted by molar-refractivity contribution is 5.37. The molecular formula is C24H41NO5. The molecule has 0 saturated carbocycles. The summed E-state index contributed by atoms with van der Waals surface area (Å²) in [6, 6.07) is 6.54. The van der Waals surface area contributed by atoms with Crippen LogP contribution in [0.4, 0.5) is 0 Å². The van der Waals surface area contributed by atoms with Crippen molar-refractivity contribution in [1.29, 1.82) is 0 Å². The van der Waals surface area contributed by atoms with Crippen molar-refractivity contribution in [2.75, 3.05) is 33.9 Å². The third-order valence-electron chi connectivity index (χ3n) is 5.46. The number of aliphatic hydroxyl groups is 1. The first-order valence-corrected chi connectivity index (χ1v) is 11.2. The summed E-state index contributed by atoms with van der Waals surface area (Å²) in [5, 5.41) is 8.80. The first kappa shape index (κ1) is 26.4. The maximum Gasteiger partial charge on any atom is 0.293 e. The van der Waals surface area contributed by atoms with Gasteiger partial charge >= 0.3 is 0 Å². The quantitative estimate of drug-likeness (QED) is 0.513. The number of carbonyl (C=O) groups excluding carboxylic acids is 1. The highest BCUT2D eigenvalue weighted by Gasteiger charge is 2.25. The molecule has 1 heterocycles. The van der Waals surface area contributed by atoms with Gasteiger partial charge in [-0.1, -0.05) is 32.8 Å². The molecule has 6 heteroatoms. The number of methoxy groups -OCH3 is 2. The first-order valence-electron chi connectivity index (χ1n) is 11.2. The fourth-order valence-electron chi connectivity index (χ4n) is 4.05. The molecular weight excluding hydrogens is 382 g/mol. The van der Waals surface area contributed by atoms with Crippen LogP contribution in [0.25, 0.3) is 0 Å². The number of aliphatic hydroxyl groups excluding tert-OH is 1. The van der Waals surface area contributed by atoms with Gasteiger partial charge in [0, 0.05) is 31.9 Å². The Kier molecular flexibility index (Phi) is 14.2. The van der Waals surface area contributed by atoms with Gasteiger partial charge in [-0.3, -0.25) is 9.69 Å². The lowest BCUT2D eigenvalue weighted by Gasteiger charge is -2.37. The van der Waals surface area contributed by atoms with E-state index in [9.17, 15) is 4.79 Å². The molecule has 6 nitrogen and oxygen atoms in total. The maximum atomic E-state index is 10.4. The topological polar surface area (TPSA) is 68.2 Å². The number of benzene rings is 1. The minimum Gasteiger partial charge on any atom is -0.496 e. The molecule has 1 aliphatic rings. The van der Waals surface area contributed by atoms with Gasteiger partial charge in [0.1, 0.15) is 11.9 Å². The van der Waals surface area contributed by atoms with Crippen molar-refractivity contribution < 1.29 is 24.1 Å². The van der Waals surface area contributed by atoms with Crippen LogP contribution in [-0.2, 0) is 27.3 Å². The second-order valence-corrected chi connectivity index (χ2v) is 7.78. The van der Waals surface area contributed by atoms with Gasteiger partial charge in [-0.15, -0.1) is 0 Å². The van der Waals surface area contributed by atoms with Gasteiger partial charge in [0.15, 0.2) is 0 Å². The third-order valence-corrected chi connectivity index (χ3v) is 5.46. The minimum absolute atomic E-state index is 0.127. The molecule has 1 unspecified atom stereocenters. The summed E-state index contributed by atoms with van der Waals surface area (Å²) in [4.78, 5) is 12.9. The zero-order valence-electron chi connectivity index (χ0n) is 19.3. The Morgan fingerprint density at radius 2 is 1.97 bits per heavy atom. The molecule has 0 aromatic heterocycles. The summed E-state index contributed by atoms with van der Waals surface area (Å²) in [5.41, 5.74) is 2.11. The van der Waals surface area contributed by atoms with Gasteiger partial charge < -0.3 is 19.3 Å². The molecule has 0 spiro atoms. The fourth-order valence-corrected chi connectivity index (χ4v) is 4.05. The van der Waals surface area contributed by atoms with Crippen LogP contribution in [-0.4, -0.2) is 62.5 Å². The summed E-state index contributed by atoms with van der Waals surface area (Å²) >= 11 is 0. The van der Waals surface area contributed by atoms with Crippen molar-refractivity contribution in [1.82, 2.24) is 4.90 Å². The van der Waals surface area contributed by atoms with E-state index < -0.39 is 0 Å². The van der Waals surface area contributed by atoms with Crippen LogP contribution in [0.3, 0.4) is 0 Å². The van der Waals surface area contributed by atoms with E-state index in [0.717, 1.165) is 36.3 Å². The van der Waals surface area contributed by atoms with Gasteiger partial charge in [-0.25, -0.2) is 0 Å². The highest BCUT2D eigenvalue weighted by atomic mass is 16.5. The number of rotatable bonds is 12. The lowest BCUT2D eigenvalue weighted by Crippen LogP contribution is -2.45. The van der Waals surface area contributed by atoms with Crippen LogP contribution in [0.5, 0.6) is 5.75 Å². The Morgan fingerprint density at radius 1 is 1.23 bits per heavy atom. The Balaban J connectivity index is 0.000000303. The fraction of sp³-hybridized carbons (Fsp3) is 0.708. The molecule has 1 aliphatic heterocycles. The van der Waals surface area contributed by atoms with Crippen molar-refractivity contribution >= 4 is 6.47 Å². The van der Waals surface area contributed by atoms with E-state index in [2.05, 4.69) is 18.7 Å². The second-order valence-electron chi connectivity index (χ2n) is 7.78. The molecule has 1 atom stereocenters. The zero-order chi connectivity index (χ0) is 22.2. The van der Waals surface area contributed by atoms with E-state index >= 15 is 0 Å². The van der Waals surface area contributed by atoms with Crippen LogP contribution in [0, 0.1) is 0 Å². The van der Waals surface area contributed by atoms with Gasteiger partial charge in [-0.05, 0) is 56.3 Å². The predicted octanol–water partition coefficient (Wildman–Crippen LogP) is 3.97. The number of carbonyl (C=O) groups is 1. The number of hydrogen-bond donors (Lipinski definition) is 1. The lowest BCUT2D eigenvalue weighted by atomic mass is 10.00. The van der Waals surface area contributed by atoms with Crippen LogP contribution in [0.15, 0.2) is 18.2 Å². The van der Waals surface area contributed by atoms with E-state index in [4.69, 9.17) is 19.3 Å². The highest BCUT2D eigenvalue weighted by Crippen LogP contribution is 2.21. The molecule has 1 N–H and O–H groups in total. The van der Waals surface area contributed by atoms with Crippen molar-refractivity contribution in [3.8, 4) is 5.75 Å². The molecule has 30 heavy (non-hydrogen) atoms. The van der Waals surface area contributed by atoms with E-state index in [1.165, 1.54) is 32.2 Å². The van der Waals surface area contributed by atoms with Gasteiger partial charge in [0.05, 0.1) is 13.7 Å². The van der Waals surface area contributed by atoms with Gasteiger partial charge in [0.25, 0.3) is 6.47 Å². The Morgan fingerprint density at radius 3 is 2.53 bits per heavy atom.